The molecule has 0 aromatic heterocycles. The standard InChI is InChI=1S/C16H15ClN2O4/c1-21-8-12-14(16(20)22-2)13(11(7-18)15(19)23-12)9-4-3-5-10(17)6-9/h3-6,13H,8,19H2,1-2H3/t13-/m1/s1. The number of nitrogens with two attached hydrogens (primary N) is 1. The second-order valence-corrected chi connectivity index (χ2v) is 5.18. The average molecular weight is 335 g/mol. The highest BCUT2D eigenvalue weighted by Crippen LogP contribution is 2.40. The van der Waals surface area contributed by atoms with Gasteiger partial charge in [-0.3, -0.25) is 0 Å². The van der Waals surface area contributed by atoms with Gasteiger partial charge in [-0.25, -0.2) is 4.79 Å². The molecule has 0 saturated carbocycles. The minimum Gasteiger partial charge on any atom is -0.466 e. The number of rotatable bonds is 4. The molecule has 1 aliphatic rings. The summed E-state index contributed by atoms with van der Waals surface area (Å²) in [4.78, 5) is 12.3. The van der Waals surface area contributed by atoms with Crippen LogP contribution in [0.2, 0.25) is 5.02 Å². The number of halogens is 1. The van der Waals surface area contributed by atoms with Gasteiger partial charge in [-0.05, 0) is 17.7 Å². The van der Waals surface area contributed by atoms with Crippen LogP contribution in [-0.2, 0) is 19.0 Å². The average Bonchev–Trinajstić information content (AvgIpc) is 2.54. The van der Waals surface area contributed by atoms with Crippen LogP contribution in [0.25, 0.3) is 0 Å². The zero-order valence-electron chi connectivity index (χ0n) is 12.6. The number of hydrogen-bond acceptors (Lipinski definition) is 6. The second-order valence-electron chi connectivity index (χ2n) is 4.74. The van der Waals surface area contributed by atoms with E-state index in [1.165, 1.54) is 14.2 Å². The van der Waals surface area contributed by atoms with Gasteiger partial charge >= 0.3 is 5.97 Å². The maximum absolute atomic E-state index is 12.3. The summed E-state index contributed by atoms with van der Waals surface area (Å²) >= 11 is 6.03. The Labute approximate surface area is 138 Å². The molecule has 2 N–H and O–H groups in total. The van der Waals surface area contributed by atoms with E-state index in [1.807, 2.05) is 6.07 Å². The molecule has 1 aromatic rings. The molecular weight excluding hydrogens is 320 g/mol. The van der Waals surface area contributed by atoms with Gasteiger partial charge in [-0.2, -0.15) is 5.26 Å². The fourth-order valence-corrected chi connectivity index (χ4v) is 2.61. The van der Waals surface area contributed by atoms with Gasteiger partial charge in [0.05, 0.1) is 18.6 Å². The lowest BCUT2D eigenvalue weighted by molar-refractivity contribution is -0.136. The molecule has 1 aliphatic heterocycles. The van der Waals surface area contributed by atoms with E-state index in [2.05, 4.69) is 0 Å². The Morgan fingerprint density at radius 3 is 2.78 bits per heavy atom. The molecule has 0 saturated heterocycles. The summed E-state index contributed by atoms with van der Waals surface area (Å²) in [5.41, 5.74) is 6.76. The van der Waals surface area contributed by atoms with Crippen LogP contribution in [0.4, 0.5) is 0 Å². The van der Waals surface area contributed by atoms with Crippen molar-refractivity contribution in [2.75, 3.05) is 20.8 Å². The van der Waals surface area contributed by atoms with Crippen LogP contribution in [0.15, 0.2) is 47.1 Å². The fourth-order valence-electron chi connectivity index (χ4n) is 2.41. The molecule has 0 fully saturated rings. The Morgan fingerprint density at radius 1 is 1.48 bits per heavy atom. The first-order valence-corrected chi connectivity index (χ1v) is 7.04. The van der Waals surface area contributed by atoms with E-state index in [4.69, 9.17) is 31.5 Å². The lowest BCUT2D eigenvalue weighted by Gasteiger charge is -2.27. The SMILES string of the molecule is COCC1=C(C(=O)OC)[C@H](c2cccc(Cl)c2)C(C#N)=C(N)O1. The summed E-state index contributed by atoms with van der Waals surface area (Å²) in [7, 11) is 2.71. The van der Waals surface area contributed by atoms with Gasteiger partial charge in [-0.15, -0.1) is 0 Å². The third-order valence-electron chi connectivity index (χ3n) is 3.36. The van der Waals surface area contributed by atoms with Gasteiger partial charge < -0.3 is 19.9 Å². The van der Waals surface area contributed by atoms with E-state index in [0.29, 0.717) is 10.6 Å². The van der Waals surface area contributed by atoms with Crippen molar-refractivity contribution in [1.82, 2.24) is 0 Å². The van der Waals surface area contributed by atoms with Crippen LogP contribution in [0.5, 0.6) is 0 Å². The van der Waals surface area contributed by atoms with Crippen LogP contribution in [0, 0.1) is 11.3 Å². The first-order valence-electron chi connectivity index (χ1n) is 6.66. The number of carbonyl (C=O) groups excluding carboxylic acids is 1. The first kappa shape index (κ1) is 16.9. The number of benzene rings is 1. The van der Waals surface area contributed by atoms with Crippen LogP contribution in [-0.4, -0.2) is 26.8 Å². The van der Waals surface area contributed by atoms with Crippen LogP contribution in [0.1, 0.15) is 11.5 Å². The van der Waals surface area contributed by atoms with Gasteiger partial charge in [0.25, 0.3) is 0 Å². The predicted molar refractivity (Wildman–Crippen MR) is 83.0 cm³/mol. The van der Waals surface area contributed by atoms with E-state index in [-0.39, 0.29) is 29.4 Å². The molecule has 1 atom stereocenters. The molecule has 23 heavy (non-hydrogen) atoms. The van der Waals surface area contributed by atoms with Crippen molar-refractivity contribution in [1.29, 1.82) is 5.26 Å². The van der Waals surface area contributed by atoms with Crippen molar-refractivity contribution in [3.63, 3.8) is 0 Å². The van der Waals surface area contributed by atoms with Gasteiger partial charge in [0.1, 0.15) is 24.0 Å². The number of allylic oxidation sites excluding steroid dienone is 1. The van der Waals surface area contributed by atoms with Gasteiger partial charge in [0, 0.05) is 12.1 Å². The Kier molecular flexibility index (Phi) is 5.27. The summed E-state index contributed by atoms with van der Waals surface area (Å²) in [6, 6.07) is 8.83. The molecule has 0 radical (unpaired) electrons. The molecule has 0 amide bonds. The lowest BCUT2D eigenvalue weighted by atomic mass is 9.83. The Hall–Kier alpha value is -2.49. The third kappa shape index (κ3) is 3.31. The number of esters is 1. The highest BCUT2D eigenvalue weighted by Gasteiger charge is 2.37. The summed E-state index contributed by atoms with van der Waals surface area (Å²) < 4.78 is 15.3. The molecule has 0 aliphatic carbocycles. The third-order valence-corrected chi connectivity index (χ3v) is 3.59. The van der Waals surface area contributed by atoms with E-state index < -0.39 is 11.9 Å². The number of hydrogen-bond donors (Lipinski definition) is 1. The molecular formula is C16H15ClN2O4. The largest absolute Gasteiger partial charge is 0.466 e. The number of carbonyl (C=O) groups is 1. The van der Waals surface area contributed by atoms with Crippen molar-refractivity contribution in [2.24, 2.45) is 5.73 Å². The molecule has 120 valence electrons. The molecule has 1 heterocycles. The molecule has 0 spiro atoms. The fraction of sp³-hybridized carbons (Fsp3) is 0.250. The topological polar surface area (TPSA) is 94.6 Å². The summed E-state index contributed by atoms with van der Waals surface area (Å²) in [6.07, 6.45) is 0. The van der Waals surface area contributed by atoms with Crippen molar-refractivity contribution < 1.29 is 19.0 Å². The minimum absolute atomic E-state index is 0.0148. The summed E-state index contributed by atoms with van der Waals surface area (Å²) in [5, 5.41) is 9.92. The molecule has 6 nitrogen and oxygen atoms in total. The Bertz CT molecular complexity index is 734. The van der Waals surface area contributed by atoms with Crippen molar-refractivity contribution in [2.45, 2.75) is 5.92 Å². The van der Waals surface area contributed by atoms with Crippen molar-refractivity contribution >= 4 is 17.6 Å². The number of methoxy groups -OCH3 is 2. The second kappa shape index (κ2) is 7.18. The molecule has 2 rings (SSSR count). The summed E-state index contributed by atoms with van der Waals surface area (Å²) in [5.74, 6) is -1.22. The van der Waals surface area contributed by atoms with Crippen LogP contribution < -0.4 is 5.73 Å². The highest BCUT2D eigenvalue weighted by molar-refractivity contribution is 6.30. The lowest BCUT2D eigenvalue weighted by Crippen LogP contribution is -2.27. The maximum atomic E-state index is 12.3. The predicted octanol–water partition coefficient (Wildman–Crippen LogP) is 2.22. The molecule has 1 aromatic carbocycles. The highest BCUT2D eigenvalue weighted by atomic mass is 35.5. The van der Waals surface area contributed by atoms with Crippen molar-refractivity contribution in [3.05, 3.63) is 57.6 Å². The van der Waals surface area contributed by atoms with E-state index >= 15 is 0 Å². The minimum atomic E-state index is -0.731. The first-order chi connectivity index (χ1) is 11.0. The van der Waals surface area contributed by atoms with E-state index in [1.54, 1.807) is 24.3 Å². The van der Waals surface area contributed by atoms with E-state index in [0.717, 1.165) is 0 Å². The molecule has 7 heteroatoms. The van der Waals surface area contributed by atoms with Crippen molar-refractivity contribution in [3.8, 4) is 6.07 Å². The van der Waals surface area contributed by atoms with Gasteiger partial charge in [0.15, 0.2) is 0 Å². The van der Waals surface area contributed by atoms with Crippen LogP contribution >= 0.6 is 11.6 Å². The number of ether oxygens (including phenoxy) is 3. The zero-order valence-corrected chi connectivity index (χ0v) is 13.4. The zero-order chi connectivity index (χ0) is 17.0. The summed E-state index contributed by atoms with van der Waals surface area (Å²) in [6.45, 7) is 0.0148. The Morgan fingerprint density at radius 2 is 2.22 bits per heavy atom. The van der Waals surface area contributed by atoms with Crippen LogP contribution in [0.3, 0.4) is 0 Å². The number of nitriles is 1. The molecule has 0 unspecified atom stereocenters. The number of nitrogens with zero attached hydrogens (tertiary/aromatic N) is 1. The molecule has 0 bridgehead atoms. The van der Waals surface area contributed by atoms with Gasteiger partial charge in [-0.1, -0.05) is 23.7 Å². The maximum Gasteiger partial charge on any atom is 0.338 e. The normalized spacial score (nSPS) is 17.6. The monoisotopic (exact) mass is 334 g/mol. The Balaban J connectivity index is 2.68. The van der Waals surface area contributed by atoms with Gasteiger partial charge in [0.2, 0.25) is 5.88 Å². The quantitative estimate of drug-likeness (QED) is 0.848. The smallest absolute Gasteiger partial charge is 0.338 e. The van der Waals surface area contributed by atoms with E-state index in [9.17, 15) is 10.1 Å².